The molecule has 3 aromatic rings. The minimum Gasteiger partial charge on any atom is -0.236 e. The van der Waals surface area contributed by atoms with Crippen molar-refractivity contribution in [3.05, 3.63) is 64.5 Å². The second kappa shape index (κ2) is 4.79. The van der Waals surface area contributed by atoms with E-state index < -0.39 is 0 Å². The summed E-state index contributed by atoms with van der Waals surface area (Å²) in [5, 5.41) is 1.14. The first-order chi connectivity index (χ1) is 10.5. The Labute approximate surface area is 135 Å². The SMILES string of the molecule is CC(C)(C)c1ccc(-c2nc3c(s2)Cc2ccccc2-3)cc1. The number of hydrogen-bond acceptors (Lipinski definition) is 2. The molecule has 0 aliphatic heterocycles. The molecule has 2 heteroatoms. The molecule has 0 fully saturated rings. The predicted octanol–water partition coefficient (Wildman–Crippen LogP) is 5.68. The van der Waals surface area contributed by atoms with Crippen molar-refractivity contribution in [1.82, 2.24) is 4.98 Å². The van der Waals surface area contributed by atoms with E-state index >= 15 is 0 Å². The summed E-state index contributed by atoms with van der Waals surface area (Å²) in [6, 6.07) is 17.5. The van der Waals surface area contributed by atoms with Crippen molar-refractivity contribution in [2.24, 2.45) is 0 Å². The van der Waals surface area contributed by atoms with Crippen molar-refractivity contribution in [2.75, 3.05) is 0 Å². The van der Waals surface area contributed by atoms with Gasteiger partial charge in [0, 0.05) is 22.4 Å². The number of rotatable bonds is 1. The van der Waals surface area contributed by atoms with Crippen molar-refractivity contribution in [2.45, 2.75) is 32.6 Å². The highest BCUT2D eigenvalue weighted by atomic mass is 32.1. The van der Waals surface area contributed by atoms with Crippen LogP contribution in [-0.4, -0.2) is 4.98 Å². The van der Waals surface area contributed by atoms with Crippen LogP contribution in [0, 0.1) is 0 Å². The number of hydrogen-bond donors (Lipinski definition) is 0. The Kier molecular flexibility index (Phi) is 2.98. The fourth-order valence-electron chi connectivity index (χ4n) is 3.00. The molecule has 110 valence electrons. The Morgan fingerprint density at radius 1 is 0.955 bits per heavy atom. The Balaban J connectivity index is 1.72. The maximum Gasteiger partial charge on any atom is 0.124 e. The molecule has 1 aliphatic rings. The van der Waals surface area contributed by atoms with Crippen molar-refractivity contribution in [3.63, 3.8) is 0 Å². The van der Waals surface area contributed by atoms with E-state index in [2.05, 4.69) is 69.3 Å². The molecule has 0 bridgehead atoms. The van der Waals surface area contributed by atoms with Gasteiger partial charge < -0.3 is 0 Å². The zero-order chi connectivity index (χ0) is 15.3. The van der Waals surface area contributed by atoms with Gasteiger partial charge in [-0.2, -0.15) is 0 Å². The Hall–Kier alpha value is -1.93. The molecule has 1 aliphatic carbocycles. The van der Waals surface area contributed by atoms with Gasteiger partial charge >= 0.3 is 0 Å². The van der Waals surface area contributed by atoms with Gasteiger partial charge in [0.05, 0.1) is 5.69 Å². The summed E-state index contributed by atoms with van der Waals surface area (Å²) >= 11 is 1.83. The maximum atomic E-state index is 4.91. The molecule has 0 atom stereocenters. The van der Waals surface area contributed by atoms with Gasteiger partial charge in [0.25, 0.3) is 0 Å². The van der Waals surface area contributed by atoms with Gasteiger partial charge in [0.15, 0.2) is 0 Å². The van der Waals surface area contributed by atoms with E-state index in [0.29, 0.717) is 0 Å². The summed E-state index contributed by atoms with van der Waals surface area (Å²) in [7, 11) is 0. The molecule has 1 aromatic heterocycles. The monoisotopic (exact) mass is 305 g/mol. The van der Waals surface area contributed by atoms with Gasteiger partial charge in [-0.15, -0.1) is 11.3 Å². The van der Waals surface area contributed by atoms with Crippen LogP contribution in [-0.2, 0) is 11.8 Å². The molecule has 0 spiro atoms. The van der Waals surface area contributed by atoms with Gasteiger partial charge in [-0.3, -0.25) is 0 Å². The van der Waals surface area contributed by atoms with Crippen LogP contribution in [0.3, 0.4) is 0 Å². The minimum absolute atomic E-state index is 0.197. The first-order valence-electron chi connectivity index (χ1n) is 7.71. The van der Waals surface area contributed by atoms with E-state index in [4.69, 9.17) is 4.98 Å². The van der Waals surface area contributed by atoms with Gasteiger partial charge in [-0.05, 0) is 16.5 Å². The molecule has 1 heterocycles. The standard InChI is InChI=1S/C20H19NS/c1-20(2,3)15-10-8-13(9-11-15)19-21-18-16-7-5-4-6-14(16)12-17(18)22-19/h4-11H,12H2,1-3H3. The fourth-order valence-corrected chi connectivity index (χ4v) is 4.10. The van der Waals surface area contributed by atoms with Crippen LogP contribution in [0.25, 0.3) is 21.8 Å². The summed E-state index contributed by atoms with van der Waals surface area (Å²) in [4.78, 5) is 6.31. The van der Waals surface area contributed by atoms with E-state index in [1.54, 1.807) is 0 Å². The first kappa shape index (κ1) is 13.7. The van der Waals surface area contributed by atoms with E-state index in [0.717, 1.165) is 11.4 Å². The zero-order valence-corrected chi connectivity index (χ0v) is 14.0. The maximum absolute atomic E-state index is 4.91. The van der Waals surface area contributed by atoms with Gasteiger partial charge in [-0.25, -0.2) is 4.98 Å². The van der Waals surface area contributed by atoms with E-state index in [1.807, 2.05) is 11.3 Å². The lowest BCUT2D eigenvalue weighted by Gasteiger charge is -2.18. The normalized spacial score (nSPS) is 13.0. The summed E-state index contributed by atoms with van der Waals surface area (Å²) in [5.74, 6) is 0. The quantitative estimate of drug-likeness (QED) is 0.441. The zero-order valence-electron chi connectivity index (χ0n) is 13.2. The van der Waals surface area contributed by atoms with Crippen molar-refractivity contribution < 1.29 is 0 Å². The Morgan fingerprint density at radius 2 is 1.68 bits per heavy atom. The minimum atomic E-state index is 0.197. The van der Waals surface area contributed by atoms with Crippen LogP contribution in [0.2, 0.25) is 0 Å². The summed E-state index contributed by atoms with van der Waals surface area (Å²) in [6.45, 7) is 6.74. The topological polar surface area (TPSA) is 12.9 Å². The van der Waals surface area contributed by atoms with Crippen molar-refractivity contribution in [3.8, 4) is 21.8 Å². The van der Waals surface area contributed by atoms with Crippen LogP contribution in [0.5, 0.6) is 0 Å². The summed E-state index contributed by atoms with van der Waals surface area (Å²) in [5.41, 5.74) is 6.70. The smallest absolute Gasteiger partial charge is 0.124 e. The third-order valence-electron chi connectivity index (χ3n) is 4.32. The summed E-state index contributed by atoms with van der Waals surface area (Å²) in [6.07, 6.45) is 1.03. The predicted molar refractivity (Wildman–Crippen MR) is 94.5 cm³/mol. The lowest BCUT2D eigenvalue weighted by molar-refractivity contribution is 0.590. The number of thiazole rings is 1. The lowest BCUT2D eigenvalue weighted by atomic mass is 9.87. The molecule has 0 saturated heterocycles. The summed E-state index contributed by atoms with van der Waals surface area (Å²) < 4.78 is 0. The Bertz CT molecular complexity index is 835. The molecule has 0 unspecified atom stereocenters. The third kappa shape index (κ3) is 2.19. The highest BCUT2D eigenvalue weighted by molar-refractivity contribution is 7.15. The molecule has 0 N–H and O–H groups in total. The second-order valence-corrected chi connectivity index (χ2v) is 8.04. The van der Waals surface area contributed by atoms with Crippen LogP contribution >= 0.6 is 11.3 Å². The highest BCUT2D eigenvalue weighted by Crippen LogP contribution is 2.42. The van der Waals surface area contributed by atoms with E-state index in [9.17, 15) is 0 Å². The molecule has 0 amide bonds. The largest absolute Gasteiger partial charge is 0.236 e. The first-order valence-corrected chi connectivity index (χ1v) is 8.53. The number of nitrogens with zero attached hydrogens (tertiary/aromatic N) is 1. The average Bonchev–Trinajstić information content (AvgIpc) is 3.04. The molecule has 4 rings (SSSR count). The second-order valence-electron chi connectivity index (χ2n) is 6.95. The van der Waals surface area contributed by atoms with E-state index in [1.165, 1.54) is 32.8 Å². The van der Waals surface area contributed by atoms with Gasteiger partial charge in [-0.1, -0.05) is 69.3 Å². The molecular weight excluding hydrogens is 286 g/mol. The number of fused-ring (bicyclic) bond motifs is 3. The molecule has 0 radical (unpaired) electrons. The highest BCUT2D eigenvalue weighted by Gasteiger charge is 2.23. The number of aromatic nitrogens is 1. The third-order valence-corrected chi connectivity index (χ3v) is 5.42. The van der Waals surface area contributed by atoms with Gasteiger partial charge in [0.2, 0.25) is 0 Å². The molecular formula is C20H19NS. The van der Waals surface area contributed by atoms with Crippen LogP contribution < -0.4 is 0 Å². The number of benzene rings is 2. The van der Waals surface area contributed by atoms with Crippen molar-refractivity contribution >= 4 is 11.3 Å². The van der Waals surface area contributed by atoms with Crippen LogP contribution in [0.15, 0.2) is 48.5 Å². The molecule has 0 saturated carbocycles. The van der Waals surface area contributed by atoms with Crippen LogP contribution in [0.4, 0.5) is 0 Å². The van der Waals surface area contributed by atoms with Gasteiger partial charge in [0.1, 0.15) is 5.01 Å². The lowest BCUT2D eigenvalue weighted by Crippen LogP contribution is -2.10. The molecule has 2 aromatic carbocycles. The Morgan fingerprint density at radius 3 is 2.41 bits per heavy atom. The molecule has 1 nitrogen and oxygen atoms in total. The van der Waals surface area contributed by atoms with E-state index in [-0.39, 0.29) is 5.41 Å². The van der Waals surface area contributed by atoms with Crippen LogP contribution in [0.1, 0.15) is 36.8 Å². The fraction of sp³-hybridized carbons (Fsp3) is 0.250. The molecule has 22 heavy (non-hydrogen) atoms. The van der Waals surface area contributed by atoms with Crippen molar-refractivity contribution in [1.29, 1.82) is 0 Å². The average molecular weight is 305 g/mol.